The van der Waals surface area contributed by atoms with Gasteiger partial charge in [0.25, 0.3) is 0 Å². The second-order valence-corrected chi connectivity index (χ2v) is 3.10. The van der Waals surface area contributed by atoms with Gasteiger partial charge in [0, 0.05) is 19.5 Å². The molecule has 1 saturated carbocycles. The van der Waals surface area contributed by atoms with Crippen molar-refractivity contribution in [2.75, 3.05) is 13.7 Å². The van der Waals surface area contributed by atoms with Crippen molar-refractivity contribution in [2.24, 2.45) is 0 Å². The first kappa shape index (κ1) is 6.94. The molecule has 0 bridgehead atoms. The zero-order chi connectivity index (χ0) is 7.73. The van der Waals surface area contributed by atoms with Crippen molar-refractivity contribution in [2.45, 2.75) is 18.4 Å². The molecule has 0 amide bonds. The molecule has 4 nitrogen and oxygen atoms in total. The number of methoxy groups -OCH3 is 1. The van der Waals surface area contributed by atoms with Crippen LogP contribution in [-0.2, 0) is 4.74 Å². The second-order valence-electron chi connectivity index (χ2n) is 3.10. The molecule has 11 heavy (non-hydrogen) atoms. The van der Waals surface area contributed by atoms with Gasteiger partial charge in [-0.05, 0) is 12.8 Å². The fourth-order valence-corrected chi connectivity index (χ4v) is 1.40. The Morgan fingerprint density at radius 1 is 1.64 bits per heavy atom. The average Bonchev–Trinajstić information content (AvgIpc) is 2.63. The van der Waals surface area contributed by atoms with E-state index in [4.69, 9.17) is 4.74 Å². The van der Waals surface area contributed by atoms with Crippen molar-refractivity contribution in [3.05, 3.63) is 12.4 Å². The van der Waals surface area contributed by atoms with Crippen LogP contribution in [0, 0.1) is 0 Å². The molecule has 0 spiro atoms. The summed E-state index contributed by atoms with van der Waals surface area (Å²) in [5.41, 5.74) is 6.18. The van der Waals surface area contributed by atoms with Crippen LogP contribution in [0.5, 0.6) is 0 Å². The molecule has 1 fully saturated rings. The number of nitrogens with one attached hydrogen (secondary N) is 2. The zero-order valence-electron chi connectivity index (χ0n) is 6.63. The third-order valence-electron chi connectivity index (χ3n) is 2.24. The summed E-state index contributed by atoms with van der Waals surface area (Å²) < 4.78 is 5.14. The van der Waals surface area contributed by atoms with E-state index in [1.165, 1.54) is 12.8 Å². The Kier molecular flexibility index (Phi) is 1.51. The van der Waals surface area contributed by atoms with Crippen molar-refractivity contribution in [1.29, 1.82) is 0 Å². The van der Waals surface area contributed by atoms with Gasteiger partial charge in [0.1, 0.15) is 0 Å². The molecule has 1 heterocycles. The quantitative estimate of drug-likeness (QED) is 0.599. The van der Waals surface area contributed by atoms with Gasteiger partial charge in [0.2, 0.25) is 0 Å². The van der Waals surface area contributed by atoms with Gasteiger partial charge in [-0.25, -0.2) is 0 Å². The molecule has 2 N–H and O–H groups in total. The highest BCUT2D eigenvalue weighted by Gasteiger charge is 2.48. The summed E-state index contributed by atoms with van der Waals surface area (Å²) in [5, 5.41) is 2.08. The average molecular weight is 155 g/mol. The topological polar surface area (TPSA) is 36.5 Å². The molecule has 0 aromatic carbocycles. The fraction of sp³-hybridized carbons (Fsp3) is 0.714. The molecule has 4 heteroatoms. The lowest BCUT2D eigenvalue weighted by molar-refractivity contribution is 0.0755. The molecule has 62 valence electrons. The van der Waals surface area contributed by atoms with Crippen LogP contribution in [-0.4, -0.2) is 24.3 Å². The van der Waals surface area contributed by atoms with Crippen molar-refractivity contribution < 1.29 is 4.74 Å². The van der Waals surface area contributed by atoms with Gasteiger partial charge >= 0.3 is 0 Å². The molecular weight excluding hydrogens is 142 g/mol. The largest absolute Gasteiger partial charge is 0.382 e. The van der Waals surface area contributed by atoms with Crippen LogP contribution in [0.3, 0.4) is 0 Å². The first-order chi connectivity index (χ1) is 5.37. The third kappa shape index (κ3) is 1.08. The van der Waals surface area contributed by atoms with Crippen LogP contribution in [0.25, 0.3) is 0 Å². The Labute approximate surface area is 66.1 Å². The van der Waals surface area contributed by atoms with Gasteiger partial charge < -0.3 is 10.2 Å². The minimum absolute atomic E-state index is 0.231. The SMILES string of the molecule is COCC1(N2C=CNN2)CC1. The van der Waals surface area contributed by atoms with Crippen molar-refractivity contribution in [3.8, 4) is 0 Å². The van der Waals surface area contributed by atoms with E-state index in [-0.39, 0.29) is 5.54 Å². The van der Waals surface area contributed by atoms with Crippen molar-refractivity contribution >= 4 is 0 Å². The number of hydrogen-bond acceptors (Lipinski definition) is 4. The molecule has 0 unspecified atom stereocenters. The van der Waals surface area contributed by atoms with Crippen LogP contribution >= 0.6 is 0 Å². The highest BCUT2D eigenvalue weighted by Crippen LogP contribution is 2.41. The summed E-state index contributed by atoms with van der Waals surface area (Å²) in [5.74, 6) is 0. The molecule has 0 radical (unpaired) electrons. The van der Waals surface area contributed by atoms with E-state index >= 15 is 0 Å². The third-order valence-corrected chi connectivity index (χ3v) is 2.24. The van der Waals surface area contributed by atoms with Crippen LogP contribution in [0.15, 0.2) is 12.4 Å². The number of rotatable bonds is 3. The van der Waals surface area contributed by atoms with E-state index in [1.807, 2.05) is 12.4 Å². The summed E-state index contributed by atoms with van der Waals surface area (Å²) in [6.45, 7) is 0.798. The Hall–Kier alpha value is -0.740. The molecule has 1 aliphatic carbocycles. The summed E-state index contributed by atoms with van der Waals surface area (Å²) >= 11 is 0. The Morgan fingerprint density at radius 3 is 2.91 bits per heavy atom. The van der Waals surface area contributed by atoms with E-state index in [0.717, 1.165) is 6.61 Å². The highest BCUT2D eigenvalue weighted by molar-refractivity contribution is 5.07. The Morgan fingerprint density at radius 2 is 2.45 bits per heavy atom. The molecule has 0 saturated heterocycles. The molecule has 0 atom stereocenters. The predicted octanol–water partition coefficient (Wildman–Crippen LogP) is -0.0386. The predicted molar refractivity (Wildman–Crippen MR) is 41.1 cm³/mol. The van der Waals surface area contributed by atoms with Gasteiger partial charge in [0.05, 0.1) is 12.1 Å². The summed E-state index contributed by atoms with van der Waals surface area (Å²) in [7, 11) is 1.74. The van der Waals surface area contributed by atoms with Gasteiger partial charge in [-0.2, -0.15) is 0 Å². The van der Waals surface area contributed by atoms with E-state index < -0.39 is 0 Å². The molecule has 0 aromatic heterocycles. The van der Waals surface area contributed by atoms with Crippen LogP contribution in [0.4, 0.5) is 0 Å². The van der Waals surface area contributed by atoms with Crippen LogP contribution in [0.1, 0.15) is 12.8 Å². The maximum Gasteiger partial charge on any atom is 0.0809 e. The summed E-state index contributed by atoms with van der Waals surface area (Å²) in [6, 6.07) is 0. The Bertz CT molecular complexity index is 177. The monoisotopic (exact) mass is 155 g/mol. The lowest BCUT2D eigenvalue weighted by atomic mass is 10.3. The van der Waals surface area contributed by atoms with E-state index in [1.54, 1.807) is 7.11 Å². The van der Waals surface area contributed by atoms with Crippen molar-refractivity contribution in [1.82, 2.24) is 16.0 Å². The second kappa shape index (κ2) is 2.39. The van der Waals surface area contributed by atoms with E-state index in [0.29, 0.717) is 0 Å². The first-order valence-corrected chi connectivity index (χ1v) is 3.84. The molecule has 2 rings (SSSR count). The fourth-order valence-electron chi connectivity index (χ4n) is 1.40. The first-order valence-electron chi connectivity index (χ1n) is 3.84. The van der Waals surface area contributed by atoms with Gasteiger partial charge in [0.15, 0.2) is 0 Å². The standard InChI is InChI=1S/C7H13N3O/c1-11-6-7(2-3-7)10-5-4-8-9-10/h4-5,8-9H,2-3,6H2,1H3. The summed E-state index contributed by atoms with van der Waals surface area (Å²) in [4.78, 5) is 0. The van der Waals surface area contributed by atoms with Gasteiger partial charge in [-0.15, -0.1) is 5.53 Å². The number of hydrogen-bond donors (Lipinski definition) is 2. The van der Waals surface area contributed by atoms with E-state index in [9.17, 15) is 0 Å². The van der Waals surface area contributed by atoms with E-state index in [2.05, 4.69) is 16.0 Å². The van der Waals surface area contributed by atoms with Gasteiger partial charge in [-0.3, -0.25) is 5.01 Å². The smallest absolute Gasteiger partial charge is 0.0809 e. The summed E-state index contributed by atoms with van der Waals surface area (Å²) in [6.07, 6.45) is 6.31. The Balaban J connectivity index is 1.96. The molecule has 2 aliphatic rings. The lowest BCUT2D eigenvalue weighted by Crippen LogP contribution is -2.46. The molecule has 1 aliphatic heterocycles. The lowest BCUT2D eigenvalue weighted by Gasteiger charge is -2.26. The van der Waals surface area contributed by atoms with Crippen molar-refractivity contribution in [3.63, 3.8) is 0 Å². The normalized spacial score (nSPS) is 25.4. The maximum absolute atomic E-state index is 5.14. The van der Waals surface area contributed by atoms with Crippen LogP contribution < -0.4 is 11.0 Å². The molecular formula is C7H13N3O. The van der Waals surface area contributed by atoms with Gasteiger partial charge in [-0.1, -0.05) is 0 Å². The number of hydrazine groups is 2. The zero-order valence-corrected chi connectivity index (χ0v) is 6.63. The van der Waals surface area contributed by atoms with Crippen LogP contribution in [0.2, 0.25) is 0 Å². The highest BCUT2D eigenvalue weighted by atomic mass is 16.5. The maximum atomic E-state index is 5.14. The molecule has 0 aromatic rings. The minimum atomic E-state index is 0.231. The minimum Gasteiger partial charge on any atom is -0.382 e. The number of ether oxygens (including phenoxy) is 1. The number of nitrogens with zero attached hydrogens (tertiary/aromatic N) is 1.